The first-order valence-electron chi connectivity index (χ1n) is 10.9. The third-order valence-corrected chi connectivity index (χ3v) is 9.38. The van der Waals surface area contributed by atoms with Crippen molar-refractivity contribution in [3.8, 4) is 0 Å². The second-order valence-corrected chi connectivity index (χ2v) is 13.0. The van der Waals surface area contributed by atoms with Gasteiger partial charge < -0.3 is 5.73 Å². The van der Waals surface area contributed by atoms with Crippen LogP contribution in [-0.2, 0) is 31.3 Å². The number of carbonyl (C=O) groups excluding carboxylic acids is 1. The zero-order chi connectivity index (χ0) is 23.9. The van der Waals surface area contributed by atoms with Crippen molar-refractivity contribution in [2.24, 2.45) is 11.1 Å². The van der Waals surface area contributed by atoms with Crippen molar-refractivity contribution in [3.05, 3.63) is 60.2 Å². The summed E-state index contributed by atoms with van der Waals surface area (Å²) in [6.45, 7) is 0.462. The molecule has 10 heteroatoms. The van der Waals surface area contributed by atoms with Gasteiger partial charge in [0.1, 0.15) is 5.78 Å². The van der Waals surface area contributed by atoms with Gasteiger partial charge in [0.2, 0.25) is 20.0 Å². The Bertz CT molecular complexity index is 1250. The third kappa shape index (κ3) is 4.84. The second kappa shape index (κ2) is 8.50. The van der Waals surface area contributed by atoms with Gasteiger partial charge in [-0.2, -0.15) is 4.31 Å². The maximum absolute atomic E-state index is 13.5. The van der Waals surface area contributed by atoms with E-state index in [1.807, 2.05) is 30.3 Å². The molecule has 0 amide bonds. The van der Waals surface area contributed by atoms with E-state index >= 15 is 0 Å². The molecule has 4 rings (SSSR count). The summed E-state index contributed by atoms with van der Waals surface area (Å²) in [7, 11) is -7.29. The molecule has 0 aromatic heterocycles. The molecule has 2 aromatic carbocycles. The Kier molecular flexibility index (Phi) is 6.15. The van der Waals surface area contributed by atoms with Crippen molar-refractivity contribution in [3.63, 3.8) is 0 Å². The van der Waals surface area contributed by atoms with Crippen LogP contribution >= 0.6 is 0 Å². The van der Waals surface area contributed by atoms with E-state index in [4.69, 9.17) is 5.73 Å². The molecule has 0 unspecified atom stereocenters. The van der Waals surface area contributed by atoms with Gasteiger partial charge in [0.05, 0.1) is 11.2 Å². The van der Waals surface area contributed by atoms with Gasteiger partial charge in [0.25, 0.3) is 0 Å². The summed E-state index contributed by atoms with van der Waals surface area (Å²) < 4.78 is 53.7. The quantitative estimate of drug-likeness (QED) is 0.637. The van der Waals surface area contributed by atoms with Crippen LogP contribution in [-0.4, -0.2) is 51.8 Å². The molecule has 8 nitrogen and oxygen atoms in total. The Morgan fingerprint density at radius 1 is 1.00 bits per heavy atom. The highest BCUT2D eigenvalue weighted by Crippen LogP contribution is 2.50. The molecule has 0 radical (unpaired) electrons. The molecule has 3 N–H and O–H groups in total. The van der Waals surface area contributed by atoms with E-state index in [1.54, 1.807) is 0 Å². The summed E-state index contributed by atoms with van der Waals surface area (Å²) in [6.07, 6.45) is 3.23. The lowest BCUT2D eigenvalue weighted by atomic mass is 9.56. The zero-order valence-electron chi connectivity index (χ0n) is 18.5. The molecular weight excluding hydrogens is 462 g/mol. The van der Waals surface area contributed by atoms with Crippen LogP contribution < -0.4 is 10.5 Å². The van der Waals surface area contributed by atoms with Gasteiger partial charge >= 0.3 is 0 Å². The third-order valence-electron chi connectivity index (χ3n) is 6.92. The first kappa shape index (κ1) is 23.9. The maximum Gasteiger partial charge on any atom is 0.243 e. The monoisotopic (exact) mass is 491 g/mol. The Morgan fingerprint density at radius 2 is 1.67 bits per heavy atom. The van der Waals surface area contributed by atoms with Crippen LogP contribution in [0.3, 0.4) is 0 Å². The number of nitrogens with zero attached hydrogens (tertiary/aromatic N) is 1. The minimum atomic E-state index is -3.83. The molecule has 1 heterocycles. The number of benzene rings is 2. The van der Waals surface area contributed by atoms with Gasteiger partial charge in [-0.15, -0.1) is 0 Å². The number of anilines is 1. The number of nitrogens with one attached hydrogen (secondary N) is 1. The van der Waals surface area contributed by atoms with Crippen molar-refractivity contribution >= 4 is 31.5 Å². The highest BCUT2D eigenvalue weighted by Gasteiger charge is 2.56. The van der Waals surface area contributed by atoms with Gasteiger partial charge in [-0.3, -0.25) is 9.52 Å². The number of nitrogens with two attached hydrogens (primary N) is 1. The van der Waals surface area contributed by atoms with Crippen LogP contribution in [0.4, 0.5) is 5.69 Å². The fourth-order valence-electron chi connectivity index (χ4n) is 5.16. The fourth-order valence-corrected chi connectivity index (χ4v) is 7.25. The Hall–Kier alpha value is -2.27. The van der Waals surface area contributed by atoms with Gasteiger partial charge in [-0.25, -0.2) is 16.8 Å². The highest BCUT2D eigenvalue weighted by molar-refractivity contribution is 7.92. The standard InChI is InChI=1S/C23H29N3O5S2/c1-32(28,29)25-19-7-9-21(10-8-19)33(30,31)26-14-13-23(24)16-20(27)11-12-22(23,17-26)15-18-5-3-2-4-6-18/h2-10,25H,11-17,24H2,1H3/t22-,23+/m0/s1. The number of Topliss-reactive ketones (excluding diaryl/α,β-unsaturated/α-hetero) is 1. The molecule has 33 heavy (non-hydrogen) atoms. The summed E-state index contributed by atoms with van der Waals surface area (Å²) in [5, 5.41) is 0. The second-order valence-electron chi connectivity index (χ2n) is 9.30. The summed E-state index contributed by atoms with van der Waals surface area (Å²) in [5.74, 6) is 0.131. The SMILES string of the molecule is CS(=O)(=O)Nc1ccc(S(=O)(=O)N2CC[C@@]3(N)CC(=O)CC[C@]3(Cc3ccccc3)C2)cc1. The van der Waals surface area contributed by atoms with Crippen molar-refractivity contribution in [1.82, 2.24) is 4.31 Å². The highest BCUT2D eigenvalue weighted by atomic mass is 32.2. The molecule has 1 saturated carbocycles. The van der Waals surface area contributed by atoms with Gasteiger partial charge in [0, 0.05) is 42.6 Å². The number of rotatable bonds is 6. The summed E-state index contributed by atoms with van der Waals surface area (Å²) >= 11 is 0. The van der Waals surface area contributed by atoms with Crippen molar-refractivity contribution in [2.45, 2.75) is 42.5 Å². The summed E-state index contributed by atoms with van der Waals surface area (Å²) in [6, 6.07) is 15.5. The molecule has 178 valence electrons. The molecule has 2 fully saturated rings. The van der Waals surface area contributed by atoms with E-state index < -0.39 is 31.0 Å². The number of hydrogen-bond acceptors (Lipinski definition) is 6. The van der Waals surface area contributed by atoms with E-state index in [0.29, 0.717) is 31.4 Å². The lowest BCUT2D eigenvalue weighted by Crippen LogP contribution is -2.68. The molecule has 2 atom stereocenters. The topological polar surface area (TPSA) is 127 Å². The summed E-state index contributed by atoms with van der Waals surface area (Å²) in [4.78, 5) is 12.4. The number of hydrogen-bond donors (Lipinski definition) is 2. The minimum absolute atomic E-state index is 0.0906. The first-order valence-corrected chi connectivity index (χ1v) is 14.2. The largest absolute Gasteiger partial charge is 0.324 e. The van der Waals surface area contributed by atoms with Crippen molar-refractivity contribution in [2.75, 3.05) is 24.1 Å². The van der Waals surface area contributed by atoms with Gasteiger partial charge in [0.15, 0.2) is 0 Å². The molecule has 2 aliphatic rings. The van der Waals surface area contributed by atoms with Crippen LogP contribution in [0.2, 0.25) is 0 Å². The molecular formula is C23H29N3O5S2. The van der Waals surface area contributed by atoms with Crippen LogP contribution in [0.1, 0.15) is 31.2 Å². The van der Waals surface area contributed by atoms with E-state index in [0.717, 1.165) is 11.8 Å². The number of fused-ring (bicyclic) bond motifs is 1. The number of sulfonamides is 2. The maximum atomic E-state index is 13.5. The van der Waals surface area contributed by atoms with E-state index in [1.165, 1.54) is 28.6 Å². The first-order chi connectivity index (χ1) is 15.4. The van der Waals surface area contributed by atoms with Crippen molar-refractivity contribution < 1.29 is 21.6 Å². The minimum Gasteiger partial charge on any atom is -0.324 e. The molecule has 1 aliphatic heterocycles. The van der Waals surface area contributed by atoms with Crippen molar-refractivity contribution in [1.29, 1.82) is 0 Å². The molecule has 1 saturated heterocycles. The molecule has 0 bridgehead atoms. The van der Waals surface area contributed by atoms with Crippen LogP contribution in [0, 0.1) is 5.41 Å². The lowest BCUT2D eigenvalue weighted by molar-refractivity contribution is -0.128. The summed E-state index contributed by atoms with van der Waals surface area (Å²) in [5.41, 5.74) is 6.91. The molecule has 1 aliphatic carbocycles. The average molecular weight is 492 g/mol. The molecule has 0 spiro atoms. The van der Waals surface area contributed by atoms with Crippen LogP contribution in [0.25, 0.3) is 0 Å². The molecule has 2 aromatic rings. The van der Waals surface area contributed by atoms with Crippen LogP contribution in [0.15, 0.2) is 59.5 Å². The number of carbonyl (C=O) groups is 1. The Labute approximate surface area is 195 Å². The normalized spacial score (nSPS) is 26.5. The average Bonchev–Trinajstić information content (AvgIpc) is 2.74. The number of ketones is 1. The lowest BCUT2D eigenvalue weighted by Gasteiger charge is -2.56. The van der Waals surface area contributed by atoms with E-state index in [9.17, 15) is 21.6 Å². The predicted molar refractivity (Wildman–Crippen MR) is 127 cm³/mol. The van der Waals surface area contributed by atoms with E-state index in [2.05, 4.69) is 4.72 Å². The number of piperidine rings is 1. The fraction of sp³-hybridized carbons (Fsp3) is 0.435. The van der Waals surface area contributed by atoms with Gasteiger partial charge in [-0.1, -0.05) is 30.3 Å². The zero-order valence-corrected chi connectivity index (χ0v) is 20.2. The van der Waals surface area contributed by atoms with E-state index in [-0.39, 0.29) is 30.2 Å². The Balaban J connectivity index is 1.64. The Morgan fingerprint density at radius 3 is 2.30 bits per heavy atom. The predicted octanol–water partition coefficient (Wildman–Crippen LogP) is 2.13. The smallest absolute Gasteiger partial charge is 0.243 e. The van der Waals surface area contributed by atoms with Gasteiger partial charge in [-0.05, 0) is 49.1 Å². The van der Waals surface area contributed by atoms with Crippen LogP contribution in [0.5, 0.6) is 0 Å².